The second-order valence-corrected chi connectivity index (χ2v) is 6.89. The van der Waals surface area contributed by atoms with Crippen molar-refractivity contribution in [2.45, 2.75) is 43.4 Å². The largest absolute Gasteiger partial charge is 0.378 e. The van der Waals surface area contributed by atoms with Gasteiger partial charge in [0.1, 0.15) is 0 Å². The van der Waals surface area contributed by atoms with E-state index in [1.54, 1.807) is 12.3 Å². The first-order valence-electron chi connectivity index (χ1n) is 6.90. The highest BCUT2D eigenvalue weighted by atomic mass is 32.2. The van der Waals surface area contributed by atoms with Crippen LogP contribution in [0.15, 0.2) is 17.2 Å². The van der Waals surface area contributed by atoms with Crippen LogP contribution in [0.5, 0.6) is 0 Å². The summed E-state index contributed by atoms with van der Waals surface area (Å²) in [6.45, 7) is 3.27. The number of aromatic nitrogens is 1. The molecule has 0 amide bonds. The summed E-state index contributed by atoms with van der Waals surface area (Å²) in [5.74, 6) is 0. The van der Waals surface area contributed by atoms with Crippen molar-refractivity contribution in [3.63, 3.8) is 0 Å². The smallest absolute Gasteiger partial charge is 0.242 e. The highest BCUT2D eigenvalue weighted by molar-refractivity contribution is 7.89. The van der Waals surface area contributed by atoms with E-state index in [-0.39, 0.29) is 12.1 Å². The van der Waals surface area contributed by atoms with Crippen LogP contribution in [-0.2, 0) is 28.4 Å². The van der Waals surface area contributed by atoms with Gasteiger partial charge in [-0.2, -0.15) is 0 Å². The van der Waals surface area contributed by atoms with E-state index in [0.29, 0.717) is 18.0 Å². The lowest BCUT2D eigenvalue weighted by molar-refractivity contribution is -0.00475. The number of ether oxygens (including phenoxy) is 1. The fourth-order valence-electron chi connectivity index (χ4n) is 2.40. The van der Waals surface area contributed by atoms with Gasteiger partial charge in [0, 0.05) is 38.1 Å². The normalized spacial score (nSPS) is 22.8. The van der Waals surface area contributed by atoms with Crippen molar-refractivity contribution in [2.24, 2.45) is 7.05 Å². The SMILES string of the molecule is CCOC1CC(NS(=O)(=O)c2cc(CNC)n(C)c2)C1. The molecule has 6 nitrogen and oxygen atoms in total. The van der Waals surface area contributed by atoms with Gasteiger partial charge >= 0.3 is 0 Å². The molecule has 114 valence electrons. The summed E-state index contributed by atoms with van der Waals surface area (Å²) >= 11 is 0. The lowest BCUT2D eigenvalue weighted by Crippen LogP contribution is -2.47. The molecule has 0 saturated heterocycles. The summed E-state index contributed by atoms with van der Waals surface area (Å²) in [7, 11) is 0.249. The van der Waals surface area contributed by atoms with E-state index in [1.807, 2.05) is 25.6 Å². The molecule has 0 aromatic carbocycles. The fraction of sp³-hybridized carbons (Fsp3) is 0.692. The van der Waals surface area contributed by atoms with Gasteiger partial charge in [0.2, 0.25) is 10.0 Å². The Morgan fingerprint density at radius 3 is 2.75 bits per heavy atom. The predicted molar refractivity (Wildman–Crippen MR) is 76.9 cm³/mol. The number of aryl methyl sites for hydroxylation is 1. The summed E-state index contributed by atoms with van der Waals surface area (Å²) in [6, 6.07) is 1.70. The van der Waals surface area contributed by atoms with Crippen molar-refractivity contribution in [1.82, 2.24) is 14.6 Å². The zero-order valence-corrected chi connectivity index (χ0v) is 13.0. The van der Waals surface area contributed by atoms with E-state index in [9.17, 15) is 8.42 Å². The number of sulfonamides is 1. The van der Waals surface area contributed by atoms with Crippen LogP contribution < -0.4 is 10.0 Å². The van der Waals surface area contributed by atoms with Crippen molar-refractivity contribution in [2.75, 3.05) is 13.7 Å². The highest BCUT2D eigenvalue weighted by Crippen LogP contribution is 2.25. The molecule has 1 heterocycles. The lowest BCUT2D eigenvalue weighted by atomic mass is 9.90. The Kier molecular flexibility index (Phi) is 4.85. The Balaban J connectivity index is 1.99. The zero-order chi connectivity index (χ0) is 14.8. The van der Waals surface area contributed by atoms with E-state index in [0.717, 1.165) is 18.5 Å². The standard InChI is InChI=1S/C13H23N3O3S/c1-4-19-12-5-10(6-12)15-20(17,18)13-7-11(8-14-2)16(3)9-13/h7,9-10,12,14-15H,4-6,8H2,1-3H3. The number of nitrogens with zero attached hydrogens (tertiary/aromatic N) is 1. The lowest BCUT2D eigenvalue weighted by Gasteiger charge is -2.34. The Bertz CT molecular complexity index is 547. The number of hydrogen-bond donors (Lipinski definition) is 2. The molecule has 20 heavy (non-hydrogen) atoms. The van der Waals surface area contributed by atoms with Gasteiger partial charge in [0.05, 0.1) is 11.0 Å². The molecule has 1 aliphatic carbocycles. The maximum atomic E-state index is 12.3. The fourth-order valence-corrected chi connectivity index (χ4v) is 3.76. The maximum absolute atomic E-state index is 12.3. The van der Waals surface area contributed by atoms with E-state index in [4.69, 9.17) is 4.74 Å². The van der Waals surface area contributed by atoms with Crippen LogP contribution in [0.4, 0.5) is 0 Å². The molecule has 1 aliphatic rings. The topological polar surface area (TPSA) is 72.4 Å². The van der Waals surface area contributed by atoms with Crippen molar-refractivity contribution in [1.29, 1.82) is 0 Å². The highest BCUT2D eigenvalue weighted by Gasteiger charge is 2.33. The van der Waals surface area contributed by atoms with Gasteiger partial charge in [-0.15, -0.1) is 0 Å². The minimum Gasteiger partial charge on any atom is -0.378 e. The van der Waals surface area contributed by atoms with Crippen molar-refractivity contribution >= 4 is 10.0 Å². The molecule has 1 saturated carbocycles. The van der Waals surface area contributed by atoms with Crippen molar-refractivity contribution < 1.29 is 13.2 Å². The Morgan fingerprint density at radius 1 is 1.45 bits per heavy atom. The number of hydrogen-bond acceptors (Lipinski definition) is 4. The molecular formula is C13H23N3O3S. The van der Waals surface area contributed by atoms with Gasteiger partial charge in [-0.25, -0.2) is 13.1 Å². The van der Waals surface area contributed by atoms with Crippen molar-refractivity contribution in [3.05, 3.63) is 18.0 Å². The second-order valence-electron chi connectivity index (χ2n) is 5.18. The average molecular weight is 301 g/mol. The monoisotopic (exact) mass is 301 g/mol. The van der Waals surface area contributed by atoms with Gasteiger partial charge in [0.25, 0.3) is 0 Å². The van der Waals surface area contributed by atoms with Crippen LogP contribution in [0.3, 0.4) is 0 Å². The Labute approximate surface area is 120 Å². The van der Waals surface area contributed by atoms with Gasteiger partial charge in [-0.1, -0.05) is 0 Å². The van der Waals surface area contributed by atoms with Crippen LogP contribution in [0.2, 0.25) is 0 Å². The zero-order valence-electron chi connectivity index (χ0n) is 12.2. The summed E-state index contributed by atoms with van der Waals surface area (Å²) in [5.41, 5.74) is 0.939. The maximum Gasteiger partial charge on any atom is 0.242 e. The molecule has 2 rings (SSSR count). The van der Waals surface area contributed by atoms with Crippen molar-refractivity contribution in [3.8, 4) is 0 Å². The Hall–Kier alpha value is -0.890. The molecule has 0 spiro atoms. The summed E-state index contributed by atoms with van der Waals surface area (Å²) in [5, 5.41) is 3.02. The molecule has 0 unspecified atom stereocenters. The van der Waals surface area contributed by atoms with Gasteiger partial charge in [0.15, 0.2) is 0 Å². The number of nitrogens with one attached hydrogen (secondary N) is 2. The average Bonchev–Trinajstić information content (AvgIpc) is 2.70. The van der Waals surface area contributed by atoms with E-state index in [1.165, 1.54) is 0 Å². The Morgan fingerprint density at radius 2 is 2.15 bits per heavy atom. The molecule has 0 atom stereocenters. The van der Waals surface area contributed by atoms with E-state index in [2.05, 4.69) is 10.0 Å². The minimum absolute atomic E-state index is 0.00972. The molecule has 1 aromatic heterocycles. The summed E-state index contributed by atoms with van der Waals surface area (Å²) in [6.07, 6.45) is 3.35. The van der Waals surface area contributed by atoms with Crippen LogP contribution in [0.1, 0.15) is 25.5 Å². The van der Waals surface area contributed by atoms with Crippen LogP contribution in [-0.4, -0.2) is 38.8 Å². The van der Waals surface area contributed by atoms with E-state index < -0.39 is 10.0 Å². The van der Waals surface area contributed by atoms with Crippen LogP contribution in [0.25, 0.3) is 0 Å². The third kappa shape index (κ3) is 3.41. The van der Waals surface area contributed by atoms with Gasteiger partial charge in [-0.05, 0) is 32.9 Å². The molecule has 0 aliphatic heterocycles. The first-order chi connectivity index (χ1) is 9.46. The van der Waals surface area contributed by atoms with E-state index >= 15 is 0 Å². The van der Waals surface area contributed by atoms with Crippen LogP contribution >= 0.6 is 0 Å². The van der Waals surface area contributed by atoms with Crippen LogP contribution in [0, 0.1) is 0 Å². The molecule has 2 N–H and O–H groups in total. The van der Waals surface area contributed by atoms with Gasteiger partial charge in [-0.3, -0.25) is 0 Å². The molecule has 1 aromatic rings. The van der Waals surface area contributed by atoms with Gasteiger partial charge < -0.3 is 14.6 Å². The second kappa shape index (κ2) is 6.26. The molecular weight excluding hydrogens is 278 g/mol. The summed E-state index contributed by atoms with van der Waals surface area (Å²) in [4.78, 5) is 0.324. The predicted octanol–water partition coefficient (Wildman–Crippen LogP) is 0.590. The molecule has 7 heteroatoms. The summed E-state index contributed by atoms with van der Waals surface area (Å²) < 4.78 is 34.6. The first kappa shape index (κ1) is 15.5. The number of rotatable bonds is 7. The quantitative estimate of drug-likeness (QED) is 0.773. The molecule has 0 radical (unpaired) electrons. The minimum atomic E-state index is -3.43. The molecule has 0 bridgehead atoms. The molecule has 1 fully saturated rings. The third-order valence-corrected chi connectivity index (χ3v) is 5.06. The first-order valence-corrected chi connectivity index (χ1v) is 8.38. The third-order valence-electron chi connectivity index (χ3n) is 3.57.